The highest BCUT2D eigenvalue weighted by atomic mass is 19.4. The van der Waals surface area contributed by atoms with E-state index in [0.29, 0.717) is 12.0 Å². The summed E-state index contributed by atoms with van der Waals surface area (Å²) >= 11 is 0. The second-order valence-corrected chi connectivity index (χ2v) is 4.66. The van der Waals surface area contributed by atoms with Crippen molar-refractivity contribution in [2.75, 3.05) is 6.54 Å². The van der Waals surface area contributed by atoms with Gasteiger partial charge in [-0.25, -0.2) is 0 Å². The van der Waals surface area contributed by atoms with Gasteiger partial charge in [0.15, 0.2) is 5.69 Å². The first-order valence-corrected chi connectivity index (χ1v) is 6.49. The van der Waals surface area contributed by atoms with E-state index in [1.54, 1.807) is 0 Å². The summed E-state index contributed by atoms with van der Waals surface area (Å²) in [6.45, 7) is 0.211. The highest BCUT2D eigenvalue weighted by Crippen LogP contribution is 2.30. The molecule has 0 fully saturated rings. The van der Waals surface area contributed by atoms with Crippen molar-refractivity contribution in [1.82, 2.24) is 10.5 Å². The van der Waals surface area contributed by atoms with Crippen LogP contribution in [-0.4, -0.2) is 17.6 Å². The molecular formula is C14H14F3N3O2. The summed E-state index contributed by atoms with van der Waals surface area (Å²) in [5.41, 5.74) is 5.61. The van der Waals surface area contributed by atoms with E-state index in [4.69, 9.17) is 5.73 Å². The zero-order valence-electron chi connectivity index (χ0n) is 11.4. The van der Waals surface area contributed by atoms with Gasteiger partial charge in [-0.1, -0.05) is 17.3 Å². The maximum absolute atomic E-state index is 12.6. The number of hydrogen-bond donors (Lipinski definition) is 2. The number of halogens is 3. The third-order valence-corrected chi connectivity index (χ3v) is 3.05. The van der Waals surface area contributed by atoms with Gasteiger partial charge in [0.2, 0.25) is 0 Å². The molecule has 1 heterocycles. The number of amides is 1. The Morgan fingerprint density at radius 3 is 2.77 bits per heavy atom. The molecule has 0 saturated heterocycles. The molecule has 1 unspecified atom stereocenters. The standard InChI is InChI=1S/C14H14F3N3O2/c15-14(16,17)10-3-1-2-9(8-10)11(18)4-6-19-13(21)12-5-7-22-20-12/h1-3,5,7-8,11H,4,6,18H2,(H,19,21). The third-order valence-electron chi connectivity index (χ3n) is 3.05. The lowest BCUT2D eigenvalue weighted by Crippen LogP contribution is -2.27. The van der Waals surface area contributed by atoms with Crippen LogP contribution >= 0.6 is 0 Å². The van der Waals surface area contributed by atoms with Gasteiger partial charge in [-0.3, -0.25) is 4.79 Å². The lowest BCUT2D eigenvalue weighted by atomic mass is 10.0. The molecule has 8 heteroatoms. The van der Waals surface area contributed by atoms with Crippen LogP contribution in [0.25, 0.3) is 0 Å². The quantitative estimate of drug-likeness (QED) is 0.888. The molecule has 3 N–H and O–H groups in total. The lowest BCUT2D eigenvalue weighted by molar-refractivity contribution is -0.137. The minimum Gasteiger partial charge on any atom is -0.364 e. The molecule has 0 spiro atoms. The number of nitrogens with one attached hydrogen (secondary N) is 1. The van der Waals surface area contributed by atoms with E-state index in [2.05, 4.69) is 15.0 Å². The van der Waals surface area contributed by atoms with E-state index < -0.39 is 23.7 Å². The summed E-state index contributed by atoms with van der Waals surface area (Å²) in [6.07, 6.45) is -2.84. The number of alkyl halides is 3. The van der Waals surface area contributed by atoms with E-state index in [9.17, 15) is 18.0 Å². The molecular weight excluding hydrogens is 299 g/mol. The molecule has 1 atom stereocenters. The lowest BCUT2D eigenvalue weighted by Gasteiger charge is -2.14. The predicted octanol–water partition coefficient (Wildman–Crippen LogP) is 2.51. The minimum absolute atomic E-state index is 0.132. The fourth-order valence-corrected chi connectivity index (χ4v) is 1.87. The molecule has 1 aromatic carbocycles. The Hall–Kier alpha value is -2.35. The van der Waals surface area contributed by atoms with Crippen LogP contribution in [0.3, 0.4) is 0 Å². The van der Waals surface area contributed by atoms with Crippen molar-refractivity contribution in [3.8, 4) is 0 Å². The summed E-state index contributed by atoms with van der Waals surface area (Å²) in [5, 5.41) is 6.03. The Morgan fingerprint density at radius 1 is 1.36 bits per heavy atom. The van der Waals surface area contributed by atoms with Gasteiger partial charge in [0, 0.05) is 18.7 Å². The maximum atomic E-state index is 12.6. The van der Waals surface area contributed by atoms with Crippen LogP contribution in [0.2, 0.25) is 0 Å². The number of nitrogens with two attached hydrogens (primary N) is 1. The molecule has 2 rings (SSSR count). The number of hydrogen-bond acceptors (Lipinski definition) is 4. The molecule has 0 aliphatic heterocycles. The Balaban J connectivity index is 1.90. The third kappa shape index (κ3) is 4.08. The molecule has 0 aliphatic carbocycles. The molecule has 2 aromatic rings. The normalized spacial score (nSPS) is 12.9. The first-order chi connectivity index (χ1) is 10.4. The van der Waals surface area contributed by atoms with E-state index in [0.717, 1.165) is 12.1 Å². The summed E-state index contributed by atoms with van der Waals surface area (Å²) in [7, 11) is 0. The molecule has 118 valence electrons. The number of rotatable bonds is 5. The zero-order valence-corrected chi connectivity index (χ0v) is 11.4. The smallest absolute Gasteiger partial charge is 0.364 e. The monoisotopic (exact) mass is 313 g/mol. The summed E-state index contributed by atoms with van der Waals surface area (Å²) in [5.74, 6) is -0.426. The molecule has 5 nitrogen and oxygen atoms in total. The van der Waals surface area contributed by atoms with Crippen LogP contribution in [0.1, 0.15) is 34.1 Å². The van der Waals surface area contributed by atoms with Gasteiger partial charge in [-0.2, -0.15) is 13.2 Å². The predicted molar refractivity (Wildman–Crippen MR) is 71.8 cm³/mol. The Kier molecular flexibility index (Phi) is 4.81. The summed E-state index contributed by atoms with van der Waals surface area (Å²) in [6, 6.07) is 5.64. The van der Waals surface area contributed by atoms with Gasteiger partial charge >= 0.3 is 6.18 Å². The van der Waals surface area contributed by atoms with Crippen molar-refractivity contribution in [3.05, 3.63) is 53.4 Å². The number of aromatic nitrogens is 1. The van der Waals surface area contributed by atoms with E-state index in [1.807, 2.05) is 0 Å². The summed E-state index contributed by atoms with van der Waals surface area (Å²) in [4.78, 5) is 11.6. The Labute approximate surface area is 124 Å². The fraction of sp³-hybridized carbons (Fsp3) is 0.286. The molecule has 22 heavy (non-hydrogen) atoms. The van der Waals surface area contributed by atoms with Gasteiger partial charge in [-0.05, 0) is 24.1 Å². The van der Waals surface area contributed by atoms with Crippen LogP contribution in [0.5, 0.6) is 0 Å². The van der Waals surface area contributed by atoms with Crippen molar-refractivity contribution in [2.45, 2.75) is 18.6 Å². The first kappa shape index (κ1) is 16.0. The second-order valence-electron chi connectivity index (χ2n) is 4.66. The van der Waals surface area contributed by atoms with Crippen LogP contribution in [0.15, 0.2) is 41.1 Å². The second kappa shape index (κ2) is 6.61. The van der Waals surface area contributed by atoms with Crippen molar-refractivity contribution in [2.24, 2.45) is 5.73 Å². The Morgan fingerprint density at radius 2 is 2.14 bits per heavy atom. The van der Waals surface area contributed by atoms with E-state index in [-0.39, 0.29) is 12.2 Å². The van der Waals surface area contributed by atoms with Gasteiger partial charge in [0.05, 0.1) is 5.56 Å². The SMILES string of the molecule is NC(CCNC(=O)c1ccon1)c1cccc(C(F)(F)F)c1. The maximum Gasteiger partial charge on any atom is 0.416 e. The minimum atomic E-state index is -4.41. The Bertz CT molecular complexity index is 627. The van der Waals surface area contributed by atoms with Gasteiger partial charge in [-0.15, -0.1) is 0 Å². The van der Waals surface area contributed by atoms with Crippen molar-refractivity contribution in [3.63, 3.8) is 0 Å². The number of carbonyl (C=O) groups excluding carboxylic acids is 1. The number of benzene rings is 1. The van der Waals surface area contributed by atoms with Crippen LogP contribution in [0, 0.1) is 0 Å². The molecule has 0 aliphatic rings. The first-order valence-electron chi connectivity index (χ1n) is 6.49. The van der Waals surface area contributed by atoms with E-state index in [1.165, 1.54) is 24.5 Å². The highest BCUT2D eigenvalue weighted by Gasteiger charge is 2.30. The highest BCUT2D eigenvalue weighted by molar-refractivity contribution is 5.91. The topological polar surface area (TPSA) is 81.1 Å². The van der Waals surface area contributed by atoms with E-state index >= 15 is 0 Å². The van der Waals surface area contributed by atoms with Crippen molar-refractivity contribution >= 4 is 5.91 Å². The average Bonchev–Trinajstić information content (AvgIpc) is 3.00. The average molecular weight is 313 g/mol. The number of carbonyl (C=O) groups is 1. The van der Waals surface area contributed by atoms with Crippen molar-refractivity contribution < 1.29 is 22.5 Å². The largest absolute Gasteiger partial charge is 0.416 e. The van der Waals surface area contributed by atoms with Crippen LogP contribution < -0.4 is 11.1 Å². The van der Waals surface area contributed by atoms with Crippen molar-refractivity contribution in [1.29, 1.82) is 0 Å². The summed E-state index contributed by atoms with van der Waals surface area (Å²) < 4.78 is 42.4. The molecule has 1 aromatic heterocycles. The van der Waals surface area contributed by atoms with Gasteiger partial charge in [0.25, 0.3) is 5.91 Å². The fourth-order valence-electron chi connectivity index (χ4n) is 1.87. The molecule has 0 bridgehead atoms. The van der Waals surface area contributed by atoms with Gasteiger partial charge < -0.3 is 15.6 Å². The van der Waals surface area contributed by atoms with Gasteiger partial charge in [0.1, 0.15) is 6.26 Å². The molecule has 0 radical (unpaired) electrons. The molecule has 1 amide bonds. The number of nitrogens with zero attached hydrogens (tertiary/aromatic N) is 1. The molecule has 0 saturated carbocycles. The zero-order chi connectivity index (χ0) is 16.2. The van der Waals surface area contributed by atoms with Crippen LogP contribution in [-0.2, 0) is 6.18 Å². The van der Waals surface area contributed by atoms with Crippen LogP contribution in [0.4, 0.5) is 13.2 Å².